The number of likely N-dealkylation sites (N-methyl/N-ethyl adjacent to an activating group) is 1. The predicted octanol–water partition coefficient (Wildman–Crippen LogP) is 1.42. The Morgan fingerprint density at radius 1 is 1.36 bits per heavy atom. The van der Waals surface area contributed by atoms with E-state index in [2.05, 4.69) is 31.8 Å². The van der Waals surface area contributed by atoms with Gasteiger partial charge in [0.25, 0.3) is 0 Å². The van der Waals surface area contributed by atoms with Crippen LogP contribution in [0.2, 0.25) is 0 Å². The Morgan fingerprint density at radius 3 is 2.76 bits per heavy atom. The van der Waals surface area contributed by atoms with E-state index in [0.29, 0.717) is 0 Å². The Labute approximate surface area is 147 Å². The molecule has 0 saturated heterocycles. The van der Waals surface area contributed by atoms with Crippen LogP contribution in [0.5, 0.6) is 0 Å². The van der Waals surface area contributed by atoms with Crippen LogP contribution in [0, 0.1) is 13.8 Å². The third kappa shape index (κ3) is 3.32. The van der Waals surface area contributed by atoms with Crippen molar-refractivity contribution in [3.05, 3.63) is 35.4 Å². The van der Waals surface area contributed by atoms with Gasteiger partial charge < -0.3 is 10.6 Å². The van der Waals surface area contributed by atoms with E-state index >= 15 is 0 Å². The van der Waals surface area contributed by atoms with Gasteiger partial charge in [0.15, 0.2) is 0 Å². The van der Waals surface area contributed by atoms with Gasteiger partial charge in [0, 0.05) is 7.05 Å². The van der Waals surface area contributed by atoms with E-state index in [1.54, 1.807) is 7.05 Å². The zero-order chi connectivity index (χ0) is 18.1. The highest BCUT2D eigenvalue weighted by Gasteiger charge is 2.20. The lowest BCUT2D eigenvalue weighted by Gasteiger charge is -2.20. The molecule has 1 aliphatic carbocycles. The van der Waals surface area contributed by atoms with Crippen molar-refractivity contribution >= 4 is 22.5 Å². The first-order valence-corrected chi connectivity index (χ1v) is 8.45. The number of amides is 1. The molecule has 2 unspecified atom stereocenters. The van der Waals surface area contributed by atoms with Crippen LogP contribution >= 0.6 is 0 Å². The van der Waals surface area contributed by atoms with Gasteiger partial charge in [-0.25, -0.2) is 9.97 Å². The van der Waals surface area contributed by atoms with Crippen LogP contribution < -0.4 is 10.6 Å². The molecule has 7 heteroatoms. The standard InChI is InChI=1S/C18H24N6O/c1-10-15-17(24(5)23-10)16(21-12(3)20-15)13-6-8-14(9-7-13)22-18(25)11(2)19-4/h6-8,11,14,19H,9H2,1-5H3,(H,22,25). The zero-order valence-corrected chi connectivity index (χ0v) is 15.3. The number of nitrogens with one attached hydrogen (secondary N) is 2. The molecule has 0 fully saturated rings. The summed E-state index contributed by atoms with van der Waals surface area (Å²) in [6.07, 6.45) is 6.87. The maximum Gasteiger partial charge on any atom is 0.237 e. The molecule has 2 N–H and O–H groups in total. The van der Waals surface area contributed by atoms with Crippen LogP contribution in [0.25, 0.3) is 16.6 Å². The maximum atomic E-state index is 12.0. The fraction of sp³-hybridized carbons (Fsp3) is 0.444. The van der Waals surface area contributed by atoms with Gasteiger partial charge >= 0.3 is 0 Å². The third-order valence-electron chi connectivity index (χ3n) is 4.49. The first kappa shape index (κ1) is 17.3. The van der Waals surface area contributed by atoms with Crippen molar-refractivity contribution in [3.63, 3.8) is 0 Å². The van der Waals surface area contributed by atoms with Gasteiger partial charge in [-0.15, -0.1) is 0 Å². The van der Waals surface area contributed by atoms with Crippen LogP contribution in [0.4, 0.5) is 0 Å². The number of hydrogen-bond donors (Lipinski definition) is 2. The molecule has 0 aromatic carbocycles. The second kappa shape index (κ2) is 6.76. The fourth-order valence-corrected chi connectivity index (χ4v) is 2.99. The smallest absolute Gasteiger partial charge is 0.237 e. The van der Waals surface area contributed by atoms with E-state index in [1.807, 2.05) is 44.7 Å². The van der Waals surface area contributed by atoms with Gasteiger partial charge in [0.05, 0.1) is 23.5 Å². The molecule has 0 saturated carbocycles. The lowest BCUT2D eigenvalue weighted by molar-refractivity contribution is -0.123. The van der Waals surface area contributed by atoms with Crippen molar-refractivity contribution in [1.82, 2.24) is 30.4 Å². The van der Waals surface area contributed by atoms with E-state index in [0.717, 1.165) is 40.2 Å². The lowest BCUT2D eigenvalue weighted by Crippen LogP contribution is -2.44. The van der Waals surface area contributed by atoms with Crippen molar-refractivity contribution in [3.8, 4) is 0 Å². The second-order valence-corrected chi connectivity index (χ2v) is 6.41. The van der Waals surface area contributed by atoms with Crippen LogP contribution in [0.3, 0.4) is 0 Å². The molecule has 1 amide bonds. The summed E-state index contributed by atoms with van der Waals surface area (Å²) in [7, 11) is 3.68. The van der Waals surface area contributed by atoms with E-state index in [-0.39, 0.29) is 18.0 Å². The molecule has 0 aliphatic heterocycles. The summed E-state index contributed by atoms with van der Waals surface area (Å²) >= 11 is 0. The minimum absolute atomic E-state index is 0.00116. The van der Waals surface area contributed by atoms with Gasteiger partial charge in [-0.05, 0) is 39.8 Å². The van der Waals surface area contributed by atoms with Crippen molar-refractivity contribution in [1.29, 1.82) is 0 Å². The molecule has 2 atom stereocenters. The average molecular weight is 340 g/mol. The summed E-state index contributed by atoms with van der Waals surface area (Å²) in [6.45, 7) is 5.69. The summed E-state index contributed by atoms with van der Waals surface area (Å²) in [4.78, 5) is 21.2. The molecular formula is C18H24N6O. The van der Waals surface area contributed by atoms with Crippen LogP contribution in [0.15, 0.2) is 18.2 Å². The molecule has 2 aromatic heterocycles. The Morgan fingerprint density at radius 2 is 2.12 bits per heavy atom. The van der Waals surface area contributed by atoms with E-state index in [4.69, 9.17) is 0 Å². The summed E-state index contributed by atoms with van der Waals surface area (Å²) < 4.78 is 1.83. The number of carbonyl (C=O) groups excluding carboxylic acids is 1. The zero-order valence-electron chi connectivity index (χ0n) is 15.3. The summed E-state index contributed by atoms with van der Waals surface area (Å²) in [5.74, 6) is 0.725. The highest BCUT2D eigenvalue weighted by molar-refractivity contribution is 5.91. The van der Waals surface area contributed by atoms with E-state index < -0.39 is 0 Å². The topological polar surface area (TPSA) is 84.7 Å². The Hall–Kier alpha value is -2.54. The van der Waals surface area contributed by atoms with Gasteiger partial charge in [-0.2, -0.15) is 5.10 Å². The summed E-state index contributed by atoms with van der Waals surface area (Å²) in [5.41, 5.74) is 4.64. The van der Waals surface area contributed by atoms with Crippen molar-refractivity contribution < 1.29 is 4.79 Å². The fourth-order valence-electron chi connectivity index (χ4n) is 2.99. The third-order valence-corrected chi connectivity index (χ3v) is 4.49. The molecule has 132 valence electrons. The number of nitrogens with zero attached hydrogens (tertiary/aromatic N) is 4. The highest BCUT2D eigenvalue weighted by atomic mass is 16.2. The van der Waals surface area contributed by atoms with Crippen LogP contribution in [0.1, 0.15) is 30.6 Å². The molecule has 0 spiro atoms. The SMILES string of the molecule is CNC(C)C(=O)NC1C=CC(c2nc(C)nc3c(C)nn(C)c23)=CC1. The first-order chi connectivity index (χ1) is 11.9. The van der Waals surface area contributed by atoms with Crippen LogP contribution in [-0.2, 0) is 11.8 Å². The van der Waals surface area contributed by atoms with Crippen molar-refractivity contribution in [2.75, 3.05) is 7.05 Å². The number of fused-ring (bicyclic) bond motifs is 1. The Kier molecular flexibility index (Phi) is 4.67. The molecule has 2 aromatic rings. The van der Waals surface area contributed by atoms with Crippen molar-refractivity contribution in [2.45, 2.75) is 39.3 Å². The second-order valence-electron chi connectivity index (χ2n) is 6.41. The Bertz CT molecular complexity index is 879. The summed E-state index contributed by atoms with van der Waals surface area (Å²) in [5, 5.41) is 10.4. The van der Waals surface area contributed by atoms with Crippen LogP contribution in [-0.4, -0.2) is 44.8 Å². The number of carbonyl (C=O) groups is 1. The lowest BCUT2D eigenvalue weighted by atomic mass is 9.99. The normalized spacial score (nSPS) is 18.3. The number of allylic oxidation sites excluding steroid dienone is 2. The average Bonchev–Trinajstić information content (AvgIpc) is 2.88. The number of hydrogen-bond acceptors (Lipinski definition) is 5. The molecule has 1 aliphatic rings. The monoisotopic (exact) mass is 340 g/mol. The van der Waals surface area contributed by atoms with E-state index in [1.165, 1.54) is 0 Å². The predicted molar refractivity (Wildman–Crippen MR) is 98.0 cm³/mol. The highest BCUT2D eigenvalue weighted by Crippen LogP contribution is 2.27. The number of aromatic nitrogens is 4. The van der Waals surface area contributed by atoms with Gasteiger partial charge in [-0.3, -0.25) is 9.48 Å². The first-order valence-electron chi connectivity index (χ1n) is 8.45. The molecule has 0 bridgehead atoms. The number of aryl methyl sites for hydroxylation is 3. The minimum atomic E-state index is -0.208. The van der Waals surface area contributed by atoms with Crippen molar-refractivity contribution in [2.24, 2.45) is 7.05 Å². The number of rotatable bonds is 4. The molecule has 7 nitrogen and oxygen atoms in total. The Balaban J connectivity index is 1.87. The largest absolute Gasteiger partial charge is 0.348 e. The van der Waals surface area contributed by atoms with Gasteiger partial charge in [-0.1, -0.05) is 18.2 Å². The van der Waals surface area contributed by atoms with E-state index in [9.17, 15) is 4.79 Å². The molecule has 2 heterocycles. The van der Waals surface area contributed by atoms with Gasteiger partial charge in [0.2, 0.25) is 5.91 Å². The maximum absolute atomic E-state index is 12.0. The van der Waals surface area contributed by atoms with Gasteiger partial charge in [0.1, 0.15) is 16.9 Å². The quantitative estimate of drug-likeness (QED) is 0.879. The molecular weight excluding hydrogens is 316 g/mol. The molecule has 25 heavy (non-hydrogen) atoms. The molecule has 3 rings (SSSR count). The molecule has 0 radical (unpaired) electrons. The summed E-state index contributed by atoms with van der Waals surface area (Å²) in [6, 6.07) is -0.209. The minimum Gasteiger partial charge on any atom is -0.348 e.